The summed E-state index contributed by atoms with van der Waals surface area (Å²) in [7, 11) is 0. The molecule has 3 N–H and O–H groups in total. The molecule has 0 aliphatic heterocycles. The van der Waals surface area contributed by atoms with Gasteiger partial charge in [-0.1, -0.05) is 11.6 Å². The van der Waals surface area contributed by atoms with Crippen molar-refractivity contribution in [3.8, 4) is 0 Å². The SMILES string of the molecule is O=C(O)c1ccc(Cl)nc1NCCCNC1CC1. The number of aromatic nitrogens is 1. The van der Waals surface area contributed by atoms with Gasteiger partial charge < -0.3 is 15.7 Å². The summed E-state index contributed by atoms with van der Waals surface area (Å²) in [5.74, 6) is -0.667. The molecular formula is C12H16ClN3O2. The first-order chi connectivity index (χ1) is 8.66. The van der Waals surface area contributed by atoms with Crippen molar-refractivity contribution in [1.82, 2.24) is 10.3 Å². The van der Waals surface area contributed by atoms with Crippen molar-refractivity contribution < 1.29 is 9.90 Å². The molecule has 6 heteroatoms. The molecule has 0 amide bonds. The number of anilines is 1. The molecule has 0 bridgehead atoms. The van der Waals surface area contributed by atoms with Gasteiger partial charge in [-0.25, -0.2) is 9.78 Å². The van der Waals surface area contributed by atoms with Crippen molar-refractivity contribution >= 4 is 23.4 Å². The molecule has 5 nitrogen and oxygen atoms in total. The van der Waals surface area contributed by atoms with Gasteiger partial charge in [0.15, 0.2) is 0 Å². The molecule has 18 heavy (non-hydrogen) atoms. The molecule has 98 valence electrons. The van der Waals surface area contributed by atoms with Crippen molar-refractivity contribution in [2.45, 2.75) is 25.3 Å². The topological polar surface area (TPSA) is 74.2 Å². The number of halogens is 1. The normalized spacial score (nSPS) is 14.5. The van der Waals surface area contributed by atoms with Crippen LogP contribution in [0, 0.1) is 0 Å². The Labute approximate surface area is 111 Å². The van der Waals surface area contributed by atoms with Crippen molar-refractivity contribution in [3.63, 3.8) is 0 Å². The number of hydrogen-bond donors (Lipinski definition) is 3. The monoisotopic (exact) mass is 269 g/mol. The first-order valence-electron chi connectivity index (χ1n) is 6.04. The Morgan fingerprint density at radius 2 is 2.22 bits per heavy atom. The summed E-state index contributed by atoms with van der Waals surface area (Å²) in [4.78, 5) is 15.0. The van der Waals surface area contributed by atoms with Crippen LogP contribution in [0.15, 0.2) is 12.1 Å². The summed E-state index contributed by atoms with van der Waals surface area (Å²) in [6.07, 6.45) is 3.46. The maximum Gasteiger partial charge on any atom is 0.339 e. The lowest BCUT2D eigenvalue weighted by Crippen LogP contribution is -2.20. The van der Waals surface area contributed by atoms with E-state index >= 15 is 0 Å². The van der Waals surface area contributed by atoms with E-state index in [2.05, 4.69) is 15.6 Å². The van der Waals surface area contributed by atoms with Gasteiger partial charge in [0.05, 0.1) is 0 Å². The molecule has 1 saturated carbocycles. The number of hydrogen-bond acceptors (Lipinski definition) is 4. The number of carboxylic acids is 1. The highest BCUT2D eigenvalue weighted by Crippen LogP contribution is 2.18. The second-order valence-electron chi connectivity index (χ2n) is 4.34. The zero-order valence-electron chi connectivity index (χ0n) is 9.95. The second kappa shape index (κ2) is 6.02. The summed E-state index contributed by atoms with van der Waals surface area (Å²) in [5.41, 5.74) is 0.148. The molecule has 1 aliphatic rings. The van der Waals surface area contributed by atoms with E-state index in [1.54, 1.807) is 0 Å². The third kappa shape index (κ3) is 3.85. The molecule has 0 radical (unpaired) electrons. The Kier molecular flexibility index (Phi) is 4.38. The third-order valence-electron chi connectivity index (χ3n) is 2.75. The number of rotatable bonds is 7. The summed E-state index contributed by atoms with van der Waals surface area (Å²) in [5, 5.41) is 15.7. The number of carbonyl (C=O) groups is 1. The van der Waals surface area contributed by atoms with E-state index in [1.807, 2.05) is 0 Å². The average Bonchev–Trinajstić information content (AvgIpc) is 3.12. The second-order valence-corrected chi connectivity index (χ2v) is 4.73. The Hall–Kier alpha value is -1.33. The summed E-state index contributed by atoms with van der Waals surface area (Å²) in [6.45, 7) is 1.61. The number of nitrogens with zero attached hydrogens (tertiary/aromatic N) is 1. The van der Waals surface area contributed by atoms with Crippen molar-refractivity contribution in [3.05, 3.63) is 22.8 Å². The highest BCUT2D eigenvalue weighted by Gasteiger charge is 2.19. The molecule has 0 saturated heterocycles. The molecule has 1 aromatic rings. The van der Waals surface area contributed by atoms with Crippen molar-refractivity contribution in [1.29, 1.82) is 0 Å². The predicted octanol–water partition coefficient (Wildman–Crippen LogP) is 1.99. The zero-order chi connectivity index (χ0) is 13.0. The lowest BCUT2D eigenvalue weighted by molar-refractivity contribution is 0.0697. The van der Waals surface area contributed by atoms with Crippen LogP contribution in [0.5, 0.6) is 0 Å². The highest BCUT2D eigenvalue weighted by molar-refractivity contribution is 6.29. The van der Waals surface area contributed by atoms with Crippen LogP contribution in [0.1, 0.15) is 29.6 Å². The van der Waals surface area contributed by atoms with Gasteiger partial charge in [-0.05, 0) is 37.9 Å². The highest BCUT2D eigenvalue weighted by atomic mass is 35.5. The molecule has 0 aromatic carbocycles. The first-order valence-corrected chi connectivity index (χ1v) is 6.41. The lowest BCUT2D eigenvalue weighted by Gasteiger charge is -2.09. The van der Waals surface area contributed by atoms with E-state index in [1.165, 1.54) is 25.0 Å². The Morgan fingerprint density at radius 3 is 2.89 bits per heavy atom. The van der Waals surface area contributed by atoms with E-state index in [0.29, 0.717) is 23.6 Å². The molecule has 1 aliphatic carbocycles. The quantitative estimate of drug-likeness (QED) is 0.521. The van der Waals surface area contributed by atoms with Crippen LogP contribution in [0.25, 0.3) is 0 Å². The molecular weight excluding hydrogens is 254 g/mol. The molecule has 2 rings (SSSR count). The van der Waals surface area contributed by atoms with Crippen LogP contribution in [-0.4, -0.2) is 35.2 Å². The number of aromatic carboxylic acids is 1. The minimum absolute atomic E-state index is 0.148. The molecule has 1 aromatic heterocycles. The van der Waals surface area contributed by atoms with Gasteiger partial charge >= 0.3 is 5.97 Å². The predicted molar refractivity (Wildman–Crippen MR) is 70.3 cm³/mol. The number of nitrogens with one attached hydrogen (secondary N) is 2. The van der Waals surface area contributed by atoms with Gasteiger partial charge in [-0.2, -0.15) is 0 Å². The summed E-state index contributed by atoms with van der Waals surface area (Å²) in [6, 6.07) is 3.64. The Bertz CT molecular complexity index is 435. The number of carboxylic acid groups (broad SMARTS) is 1. The number of pyridine rings is 1. The molecule has 1 heterocycles. The standard InChI is InChI=1S/C12H16ClN3O2/c13-10-5-4-9(12(17)18)11(16-10)15-7-1-6-14-8-2-3-8/h4-5,8,14H,1-3,6-7H2,(H,15,16)(H,17,18). The molecule has 0 unspecified atom stereocenters. The van der Waals surface area contributed by atoms with Gasteiger partial charge in [0, 0.05) is 12.6 Å². The van der Waals surface area contributed by atoms with E-state index in [4.69, 9.17) is 16.7 Å². The maximum absolute atomic E-state index is 11.0. The minimum Gasteiger partial charge on any atom is -0.478 e. The van der Waals surface area contributed by atoms with Gasteiger partial charge in [0.1, 0.15) is 16.5 Å². The summed E-state index contributed by atoms with van der Waals surface area (Å²) >= 11 is 5.76. The zero-order valence-corrected chi connectivity index (χ0v) is 10.7. The molecule has 0 spiro atoms. The van der Waals surface area contributed by atoms with Crippen LogP contribution < -0.4 is 10.6 Å². The van der Waals surface area contributed by atoms with Gasteiger partial charge in [0.2, 0.25) is 0 Å². The van der Waals surface area contributed by atoms with Crippen LogP contribution in [0.4, 0.5) is 5.82 Å². The van der Waals surface area contributed by atoms with E-state index in [0.717, 1.165) is 13.0 Å². The molecule has 0 atom stereocenters. The van der Waals surface area contributed by atoms with Crippen LogP contribution in [-0.2, 0) is 0 Å². The lowest BCUT2D eigenvalue weighted by atomic mass is 10.2. The fourth-order valence-corrected chi connectivity index (χ4v) is 1.78. The van der Waals surface area contributed by atoms with E-state index in [9.17, 15) is 4.79 Å². The summed E-state index contributed by atoms with van der Waals surface area (Å²) < 4.78 is 0. The fraction of sp³-hybridized carbons (Fsp3) is 0.500. The Balaban J connectivity index is 1.82. The fourth-order valence-electron chi connectivity index (χ4n) is 1.63. The maximum atomic E-state index is 11.0. The van der Waals surface area contributed by atoms with Crippen LogP contribution >= 0.6 is 11.6 Å². The van der Waals surface area contributed by atoms with Crippen molar-refractivity contribution in [2.75, 3.05) is 18.4 Å². The third-order valence-corrected chi connectivity index (χ3v) is 2.96. The average molecular weight is 270 g/mol. The minimum atomic E-state index is -1.00. The first kappa shape index (κ1) is 13.1. The van der Waals surface area contributed by atoms with E-state index in [-0.39, 0.29) is 5.56 Å². The van der Waals surface area contributed by atoms with Gasteiger partial charge in [-0.3, -0.25) is 0 Å². The van der Waals surface area contributed by atoms with Gasteiger partial charge in [0.25, 0.3) is 0 Å². The largest absolute Gasteiger partial charge is 0.478 e. The van der Waals surface area contributed by atoms with Crippen LogP contribution in [0.3, 0.4) is 0 Å². The van der Waals surface area contributed by atoms with Gasteiger partial charge in [-0.15, -0.1) is 0 Å². The molecule has 1 fully saturated rings. The smallest absolute Gasteiger partial charge is 0.339 e. The Morgan fingerprint density at radius 1 is 1.44 bits per heavy atom. The van der Waals surface area contributed by atoms with Crippen molar-refractivity contribution in [2.24, 2.45) is 0 Å². The van der Waals surface area contributed by atoms with E-state index < -0.39 is 5.97 Å². The van der Waals surface area contributed by atoms with Crippen LogP contribution in [0.2, 0.25) is 5.15 Å².